The fourth-order valence-corrected chi connectivity index (χ4v) is 2.51. The summed E-state index contributed by atoms with van der Waals surface area (Å²) in [6.07, 6.45) is 1.82. The van der Waals surface area contributed by atoms with Gasteiger partial charge < -0.3 is 14.0 Å². The summed E-state index contributed by atoms with van der Waals surface area (Å²) in [7, 11) is 1.64. The van der Waals surface area contributed by atoms with Gasteiger partial charge >= 0.3 is 5.97 Å². The lowest BCUT2D eigenvalue weighted by Crippen LogP contribution is -2.03. The molecule has 0 saturated heterocycles. The minimum Gasteiger partial charge on any atom is -0.497 e. The number of aromatic nitrogens is 1. The first-order valence-electron chi connectivity index (χ1n) is 7.16. The quantitative estimate of drug-likeness (QED) is 0.687. The molecule has 4 nitrogen and oxygen atoms in total. The van der Waals surface area contributed by atoms with Crippen LogP contribution in [0.1, 0.15) is 17.3 Å². The van der Waals surface area contributed by atoms with Crippen LogP contribution in [0, 0.1) is 0 Å². The third-order valence-electron chi connectivity index (χ3n) is 3.56. The Kier molecular flexibility index (Phi) is 3.83. The third-order valence-corrected chi connectivity index (χ3v) is 3.56. The number of carbonyl (C=O) groups is 1. The molecule has 3 aromatic rings. The maximum Gasteiger partial charge on any atom is 0.340 e. The second kappa shape index (κ2) is 5.93. The number of carbonyl (C=O) groups excluding carboxylic acids is 1. The molecule has 112 valence electrons. The molecule has 22 heavy (non-hydrogen) atoms. The van der Waals surface area contributed by atoms with Gasteiger partial charge in [0.2, 0.25) is 0 Å². The molecule has 4 heteroatoms. The number of esters is 1. The Labute approximate surface area is 128 Å². The molecule has 0 fully saturated rings. The van der Waals surface area contributed by atoms with Crippen molar-refractivity contribution in [1.82, 2.24) is 4.57 Å². The summed E-state index contributed by atoms with van der Waals surface area (Å²) in [5, 5.41) is 0.886. The predicted molar refractivity (Wildman–Crippen MR) is 85.8 cm³/mol. The molecule has 0 spiro atoms. The molecular weight excluding hydrogens is 278 g/mol. The van der Waals surface area contributed by atoms with E-state index in [1.165, 1.54) is 0 Å². The Morgan fingerprint density at radius 1 is 1.09 bits per heavy atom. The van der Waals surface area contributed by atoms with Crippen LogP contribution in [-0.2, 0) is 4.74 Å². The fraction of sp³-hybridized carbons (Fsp3) is 0.167. The average molecular weight is 295 g/mol. The fourth-order valence-electron chi connectivity index (χ4n) is 2.51. The highest BCUT2D eigenvalue weighted by atomic mass is 16.5. The number of methoxy groups -OCH3 is 1. The normalized spacial score (nSPS) is 10.6. The monoisotopic (exact) mass is 295 g/mol. The Bertz CT molecular complexity index is 803. The van der Waals surface area contributed by atoms with Crippen molar-refractivity contribution >= 4 is 16.9 Å². The largest absolute Gasteiger partial charge is 0.497 e. The molecular formula is C18H17NO3. The van der Waals surface area contributed by atoms with E-state index in [-0.39, 0.29) is 5.97 Å². The van der Waals surface area contributed by atoms with Crippen LogP contribution in [0.5, 0.6) is 5.75 Å². The molecule has 0 amide bonds. The van der Waals surface area contributed by atoms with Gasteiger partial charge in [-0.05, 0) is 37.3 Å². The van der Waals surface area contributed by atoms with Gasteiger partial charge in [-0.15, -0.1) is 0 Å². The standard InChI is InChI=1S/C18H17NO3/c1-3-22-18(20)16-12-19(17-7-5-4-6-15(16)17)13-8-10-14(21-2)11-9-13/h4-12H,3H2,1-2H3. The van der Waals surface area contributed by atoms with Crippen molar-refractivity contribution in [3.63, 3.8) is 0 Å². The Morgan fingerprint density at radius 3 is 2.50 bits per heavy atom. The molecule has 0 aliphatic heterocycles. The van der Waals surface area contributed by atoms with Gasteiger partial charge in [0.1, 0.15) is 5.75 Å². The summed E-state index contributed by atoms with van der Waals surface area (Å²) in [5.74, 6) is 0.497. The minimum absolute atomic E-state index is 0.300. The zero-order valence-corrected chi connectivity index (χ0v) is 12.6. The summed E-state index contributed by atoms with van der Waals surface area (Å²) in [4.78, 5) is 12.1. The van der Waals surface area contributed by atoms with Crippen molar-refractivity contribution in [3.05, 3.63) is 60.3 Å². The number of hydrogen-bond donors (Lipinski definition) is 0. The maximum atomic E-state index is 12.1. The summed E-state index contributed by atoms with van der Waals surface area (Å²) in [6.45, 7) is 2.17. The van der Waals surface area contributed by atoms with E-state index in [1.807, 2.05) is 59.3 Å². The van der Waals surface area contributed by atoms with Crippen molar-refractivity contribution < 1.29 is 14.3 Å². The number of hydrogen-bond acceptors (Lipinski definition) is 3. The van der Waals surface area contributed by atoms with Crippen LogP contribution < -0.4 is 4.74 Å². The van der Waals surface area contributed by atoms with E-state index in [0.29, 0.717) is 12.2 Å². The second-order valence-electron chi connectivity index (χ2n) is 4.85. The van der Waals surface area contributed by atoms with Crippen LogP contribution in [-0.4, -0.2) is 24.3 Å². The van der Waals surface area contributed by atoms with Crippen molar-refractivity contribution in [2.45, 2.75) is 6.92 Å². The van der Waals surface area contributed by atoms with Gasteiger partial charge in [-0.2, -0.15) is 0 Å². The van der Waals surface area contributed by atoms with Crippen LogP contribution in [0.25, 0.3) is 16.6 Å². The molecule has 1 heterocycles. The average Bonchev–Trinajstić information content (AvgIpc) is 2.95. The maximum absolute atomic E-state index is 12.1. The molecule has 0 N–H and O–H groups in total. The van der Waals surface area contributed by atoms with Crippen molar-refractivity contribution in [1.29, 1.82) is 0 Å². The van der Waals surface area contributed by atoms with Crippen LogP contribution in [0.15, 0.2) is 54.7 Å². The number of nitrogens with zero attached hydrogens (tertiary/aromatic N) is 1. The van der Waals surface area contributed by atoms with Gasteiger partial charge in [0, 0.05) is 17.3 Å². The second-order valence-corrected chi connectivity index (χ2v) is 4.85. The summed E-state index contributed by atoms with van der Waals surface area (Å²) < 4.78 is 12.3. The first kappa shape index (κ1) is 14.2. The van der Waals surface area contributed by atoms with Crippen molar-refractivity contribution in [2.24, 2.45) is 0 Å². The van der Waals surface area contributed by atoms with Gasteiger partial charge in [-0.1, -0.05) is 18.2 Å². The lowest BCUT2D eigenvalue weighted by Gasteiger charge is -2.06. The van der Waals surface area contributed by atoms with Gasteiger partial charge in [0.25, 0.3) is 0 Å². The molecule has 0 aliphatic rings. The van der Waals surface area contributed by atoms with Crippen molar-refractivity contribution in [3.8, 4) is 11.4 Å². The molecule has 1 aromatic heterocycles. The molecule has 3 rings (SSSR count). The number of rotatable bonds is 4. The van der Waals surface area contributed by atoms with Gasteiger partial charge in [-0.3, -0.25) is 0 Å². The first-order valence-corrected chi connectivity index (χ1v) is 7.16. The zero-order chi connectivity index (χ0) is 15.5. The number of fused-ring (bicyclic) bond motifs is 1. The smallest absolute Gasteiger partial charge is 0.340 e. The lowest BCUT2D eigenvalue weighted by atomic mass is 10.2. The van der Waals surface area contributed by atoms with E-state index in [1.54, 1.807) is 14.0 Å². The number of ether oxygens (including phenoxy) is 2. The summed E-state index contributed by atoms with van der Waals surface area (Å²) >= 11 is 0. The Morgan fingerprint density at radius 2 is 1.82 bits per heavy atom. The summed E-state index contributed by atoms with van der Waals surface area (Å²) in [6, 6.07) is 15.5. The number of para-hydroxylation sites is 1. The SMILES string of the molecule is CCOC(=O)c1cn(-c2ccc(OC)cc2)c2ccccc12. The molecule has 0 atom stereocenters. The highest BCUT2D eigenvalue weighted by Gasteiger charge is 2.16. The van der Waals surface area contributed by atoms with Gasteiger partial charge in [0.05, 0.1) is 24.8 Å². The predicted octanol–water partition coefficient (Wildman–Crippen LogP) is 3.82. The van der Waals surface area contributed by atoms with Crippen LogP contribution in [0.2, 0.25) is 0 Å². The molecule has 0 radical (unpaired) electrons. The van der Waals surface area contributed by atoms with E-state index >= 15 is 0 Å². The topological polar surface area (TPSA) is 40.5 Å². The van der Waals surface area contributed by atoms with Gasteiger partial charge in [-0.25, -0.2) is 4.79 Å². The molecule has 2 aromatic carbocycles. The zero-order valence-electron chi connectivity index (χ0n) is 12.6. The van der Waals surface area contributed by atoms with E-state index in [9.17, 15) is 4.79 Å². The molecule has 0 aliphatic carbocycles. The minimum atomic E-state index is -0.300. The lowest BCUT2D eigenvalue weighted by molar-refractivity contribution is 0.0528. The Hall–Kier alpha value is -2.75. The van der Waals surface area contributed by atoms with E-state index in [0.717, 1.165) is 22.3 Å². The first-order chi connectivity index (χ1) is 10.7. The van der Waals surface area contributed by atoms with Crippen LogP contribution in [0.4, 0.5) is 0 Å². The molecule has 0 saturated carbocycles. The Balaban J connectivity index is 2.14. The van der Waals surface area contributed by atoms with Gasteiger partial charge in [0.15, 0.2) is 0 Å². The third kappa shape index (κ3) is 2.44. The van der Waals surface area contributed by atoms with Crippen LogP contribution in [0.3, 0.4) is 0 Å². The van der Waals surface area contributed by atoms with Crippen molar-refractivity contribution in [2.75, 3.05) is 13.7 Å². The molecule has 0 unspecified atom stereocenters. The summed E-state index contributed by atoms with van der Waals surface area (Å²) in [5.41, 5.74) is 2.51. The highest BCUT2D eigenvalue weighted by molar-refractivity contribution is 6.04. The number of benzene rings is 2. The van der Waals surface area contributed by atoms with E-state index < -0.39 is 0 Å². The molecule has 0 bridgehead atoms. The van der Waals surface area contributed by atoms with E-state index in [4.69, 9.17) is 9.47 Å². The van der Waals surface area contributed by atoms with Crippen LogP contribution >= 0.6 is 0 Å². The highest BCUT2D eigenvalue weighted by Crippen LogP contribution is 2.26. The van der Waals surface area contributed by atoms with E-state index in [2.05, 4.69) is 0 Å².